The van der Waals surface area contributed by atoms with Crippen molar-refractivity contribution in [3.05, 3.63) is 90.4 Å². The summed E-state index contributed by atoms with van der Waals surface area (Å²) in [6, 6.07) is 19.2. The Morgan fingerprint density at radius 1 is 0.971 bits per heavy atom. The summed E-state index contributed by atoms with van der Waals surface area (Å²) in [6.07, 6.45) is 5.86. The molecule has 1 atom stereocenters. The molecule has 35 heavy (non-hydrogen) atoms. The first-order valence-corrected chi connectivity index (χ1v) is 11.5. The molecule has 0 radical (unpaired) electrons. The number of carbonyl (C=O) groups excluding carboxylic acids is 2. The first kappa shape index (κ1) is 22.3. The molecule has 1 aliphatic heterocycles. The van der Waals surface area contributed by atoms with Gasteiger partial charge in [-0.05, 0) is 35.7 Å². The quantitative estimate of drug-likeness (QED) is 0.469. The standard InChI is InChI=1S/C27H26N6O2/c1-32-16-22(15-30-32)21-13-24(25(28)29-14-21)26(34)31-23-10-11-33(17-23)27(35)20-9-5-8-19(12-20)18-6-3-2-4-7-18/h2-9,12-16,23H,10-11,17H2,1H3,(H2,28,29)(H,31,34). The zero-order chi connectivity index (χ0) is 24.4. The first-order chi connectivity index (χ1) is 17.0. The lowest BCUT2D eigenvalue weighted by Crippen LogP contribution is -2.38. The van der Waals surface area contributed by atoms with E-state index in [0.717, 1.165) is 22.3 Å². The Hall–Kier alpha value is -4.46. The Kier molecular flexibility index (Phi) is 6.01. The molecular weight excluding hydrogens is 440 g/mol. The van der Waals surface area contributed by atoms with E-state index in [4.69, 9.17) is 5.73 Å². The predicted molar refractivity (Wildman–Crippen MR) is 135 cm³/mol. The second kappa shape index (κ2) is 9.42. The van der Waals surface area contributed by atoms with Crippen LogP contribution in [0.5, 0.6) is 0 Å². The summed E-state index contributed by atoms with van der Waals surface area (Å²) in [5, 5.41) is 7.18. The molecule has 4 aromatic rings. The number of likely N-dealkylation sites (tertiary alicyclic amines) is 1. The zero-order valence-corrected chi connectivity index (χ0v) is 19.4. The minimum atomic E-state index is -0.300. The molecule has 1 aliphatic rings. The van der Waals surface area contributed by atoms with E-state index >= 15 is 0 Å². The van der Waals surface area contributed by atoms with E-state index in [9.17, 15) is 9.59 Å². The lowest BCUT2D eigenvalue weighted by Gasteiger charge is -2.18. The fourth-order valence-corrected chi connectivity index (χ4v) is 4.36. The minimum Gasteiger partial charge on any atom is -0.383 e. The van der Waals surface area contributed by atoms with Crippen molar-refractivity contribution in [2.24, 2.45) is 7.05 Å². The molecule has 0 spiro atoms. The number of nitrogens with zero attached hydrogens (tertiary/aromatic N) is 4. The summed E-state index contributed by atoms with van der Waals surface area (Å²) in [4.78, 5) is 32.1. The third-order valence-corrected chi connectivity index (χ3v) is 6.23. The van der Waals surface area contributed by atoms with Crippen molar-refractivity contribution >= 4 is 17.6 Å². The van der Waals surface area contributed by atoms with Crippen molar-refractivity contribution in [3.63, 3.8) is 0 Å². The first-order valence-electron chi connectivity index (χ1n) is 11.5. The highest BCUT2D eigenvalue weighted by Crippen LogP contribution is 2.24. The molecule has 1 unspecified atom stereocenters. The number of hydrogen-bond donors (Lipinski definition) is 2. The second-order valence-corrected chi connectivity index (χ2v) is 8.72. The largest absolute Gasteiger partial charge is 0.383 e. The van der Waals surface area contributed by atoms with Crippen LogP contribution in [-0.2, 0) is 7.05 Å². The molecule has 3 N–H and O–H groups in total. The Morgan fingerprint density at radius 3 is 2.54 bits per heavy atom. The van der Waals surface area contributed by atoms with Crippen molar-refractivity contribution < 1.29 is 9.59 Å². The maximum Gasteiger partial charge on any atom is 0.255 e. The fraction of sp³-hybridized carbons (Fsp3) is 0.185. The van der Waals surface area contributed by atoms with Crippen LogP contribution in [0.3, 0.4) is 0 Å². The Balaban J connectivity index is 1.26. The van der Waals surface area contributed by atoms with Gasteiger partial charge < -0.3 is 16.0 Å². The van der Waals surface area contributed by atoms with Crippen LogP contribution in [0.4, 0.5) is 5.82 Å². The van der Waals surface area contributed by atoms with E-state index in [2.05, 4.69) is 15.4 Å². The van der Waals surface area contributed by atoms with E-state index in [1.54, 1.807) is 28.0 Å². The van der Waals surface area contributed by atoms with Gasteiger partial charge in [-0.15, -0.1) is 0 Å². The number of anilines is 1. The molecule has 5 rings (SSSR count). The van der Waals surface area contributed by atoms with Crippen molar-refractivity contribution in [2.45, 2.75) is 12.5 Å². The predicted octanol–water partition coefficient (Wildman–Crippen LogP) is 3.38. The average molecular weight is 467 g/mol. The van der Waals surface area contributed by atoms with Gasteiger partial charge in [0.1, 0.15) is 5.82 Å². The van der Waals surface area contributed by atoms with Crippen LogP contribution >= 0.6 is 0 Å². The van der Waals surface area contributed by atoms with Crippen LogP contribution in [0.2, 0.25) is 0 Å². The van der Waals surface area contributed by atoms with Crippen LogP contribution in [0.25, 0.3) is 22.3 Å². The second-order valence-electron chi connectivity index (χ2n) is 8.72. The number of nitrogen functional groups attached to an aromatic ring is 1. The lowest BCUT2D eigenvalue weighted by molar-refractivity contribution is 0.0783. The SMILES string of the molecule is Cn1cc(-c2cnc(N)c(C(=O)NC3CCN(C(=O)c4cccc(-c5ccccc5)c4)C3)c2)cn1. The van der Waals surface area contributed by atoms with Gasteiger partial charge in [0.05, 0.1) is 11.8 Å². The molecule has 176 valence electrons. The van der Waals surface area contributed by atoms with Crippen LogP contribution in [0.1, 0.15) is 27.1 Å². The number of nitrogens with two attached hydrogens (primary N) is 1. The molecular formula is C27H26N6O2. The molecule has 0 saturated carbocycles. The van der Waals surface area contributed by atoms with E-state index in [1.165, 1.54) is 0 Å². The van der Waals surface area contributed by atoms with Crippen molar-refractivity contribution in [1.82, 2.24) is 25.0 Å². The van der Waals surface area contributed by atoms with Crippen molar-refractivity contribution in [3.8, 4) is 22.3 Å². The smallest absolute Gasteiger partial charge is 0.255 e. The van der Waals surface area contributed by atoms with Gasteiger partial charge in [0.2, 0.25) is 0 Å². The number of amides is 2. The van der Waals surface area contributed by atoms with E-state index in [-0.39, 0.29) is 23.7 Å². The van der Waals surface area contributed by atoms with Crippen molar-refractivity contribution in [1.29, 1.82) is 0 Å². The van der Waals surface area contributed by atoms with Gasteiger partial charge in [-0.25, -0.2) is 4.98 Å². The molecule has 1 saturated heterocycles. The minimum absolute atomic E-state index is 0.0423. The molecule has 0 aliphatic carbocycles. The summed E-state index contributed by atoms with van der Waals surface area (Å²) in [6.45, 7) is 1.01. The molecule has 8 heteroatoms. The average Bonchev–Trinajstić information content (AvgIpc) is 3.53. The molecule has 0 bridgehead atoms. The summed E-state index contributed by atoms with van der Waals surface area (Å²) in [5.74, 6) is -0.177. The molecule has 8 nitrogen and oxygen atoms in total. The van der Waals surface area contributed by atoms with Gasteiger partial charge in [0.15, 0.2) is 0 Å². The normalized spacial score (nSPS) is 15.2. The van der Waals surface area contributed by atoms with Crippen LogP contribution in [0, 0.1) is 0 Å². The summed E-state index contributed by atoms with van der Waals surface area (Å²) >= 11 is 0. The number of nitrogens with one attached hydrogen (secondary N) is 1. The van der Waals surface area contributed by atoms with Gasteiger partial charge in [0.25, 0.3) is 11.8 Å². The summed E-state index contributed by atoms with van der Waals surface area (Å²) in [5.41, 5.74) is 10.6. The Morgan fingerprint density at radius 2 is 1.77 bits per heavy atom. The van der Waals surface area contributed by atoms with Crippen LogP contribution < -0.4 is 11.1 Å². The van der Waals surface area contributed by atoms with Gasteiger partial charge >= 0.3 is 0 Å². The van der Waals surface area contributed by atoms with Crippen LogP contribution in [0.15, 0.2) is 79.3 Å². The van der Waals surface area contributed by atoms with Crippen LogP contribution in [-0.4, -0.2) is 50.6 Å². The Labute approximate surface area is 203 Å². The van der Waals surface area contributed by atoms with Gasteiger partial charge in [-0.1, -0.05) is 42.5 Å². The number of benzene rings is 2. The topological polar surface area (TPSA) is 106 Å². The zero-order valence-electron chi connectivity index (χ0n) is 19.4. The number of carbonyl (C=O) groups is 2. The van der Waals surface area contributed by atoms with E-state index < -0.39 is 0 Å². The highest BCUT2D eigenvalue weighted by Gasteiger charge is 2.29. The molecule has 1 fully saturated rings. The van der Waals surface area contributed by atoms with Crippen molar-refractivity contribution in [2.75, 3.05) is 18.8 Å². The number of pyridine rings is 1. The number of aryl methyl sites for hydroxylation is 1. The Bertz CT molecular complexity index is 1380. The number of hydrogen-bond acceptors (Lipinski definition) is 5. The monoisotopic (exact) mass is 466 g/mol. The van der Waals surface area contributed by atoms with E-state index in [1.807, 2.05) is 67.8 Å². The molecule has 2 aromatic heterocycles. The summed E-state index contributed by atoms with van der Waals surface area (Å²) in [7, 11) is 1.83. The maximum absolute atomic E-state index is 13.2. The highest BCUT2D eigenvalue weighted by atomic mass is 16.2. The van der Waals surface area contributed by atoms with Gasteiger partial charge in [-0.3, -0.25) is 14.3 Å². The molecule has 3 heterocycles. The number of aromatic nitrogens is 3. The maximum atomic E-state index is 13.2. The van der Waals surface area contributed by atoms with E-state index in [0.29, 0.717) is 30.6 Å². The molecule has 2 aromatic carbocycles. The van der Waals surface area contributed by atoms with Gasteiger partial charge in [0, 0.05) is 55.3 Å². The third kappa shape index (κ3) is 4.77. The summed E-state index contributed by atoms with van der Waals surface area (Å²) < 4.78 is 1.69. The van der Waals surface area contributed by atoms with Gasteiger partial charge in [-0.2, -0.15) is 5.10 Å². The fourth-order valence-electron chi connectivity index (χ4n) is 4.36. The number of rotatable bonds is 5. The lowest BCUT2D eigenvalue weighted by atomic mass is 10.0. The third-order valence-electron chi connectivity index (χ3n) is 6.23. The highest BCUT2D eigenvalue weighted by molar-refractivity contribution is 6.00. The molecule has 2 amide bonds.